The average molecular weight is 335 g/mol. The second kappa shape index (κ2) is 5.55. The van der Waals surface area contributed by atoms with Crippen molar-refractivity contribution in [2.45, 2.75) is 45.6 Å². The highest BCUT2D eigenvalue weighted by Crippen LogP contribution is 2.55. The van der Waals surface area contributed by atoms with Gasteiger partial charge in [0.05, 0.1) is 5.41 Å². The Morgan fingerprint density at radius 2 is 1.12 bits per heavy atom. The van der Waals surface area contributed by atoms with Gasteiger partial charge >= 0.3 is 0 Å². The first-order valence-corrected chi connectivity index (χ1v) is 8.65. The summed E-state index contributed by atoms with van der Waals surface area (Å²) in [6, 6.07) is 19.4. The van der Waals surface area contributed by atoms with Gasteiger partial charge in [-0.25, -0.2) is 0 Å². The predicted molar refractivity (Wildman–Crippen MR) is 99.1 cm³/mol. The zero-order valence-electron chi connectivity index (χ0n) is 15.5. The van der Waals surface area contributed by atoms with Gasteiger partial charge in [0.2, 0.25) is 11.8 Å². The van der Waals surface area contributed by atoms with E-state index in [2.05, 4.69) is 0 Å². The van der Waals surface area contributed by atoms with Gasteiger partial charge in [-0.2, -0.15) is 0 Å². The van der Waals surface area contributed by atoms with Crippen LogP contribution in [-0.2, 0) is 15.0 Å². The molecule has 0 atom stereocenters. The molecule has 0 aliphatic carbocycles. The summed E-state index contributed by atoms with van der Waals surface area (Å²) in [5.41, 5.74) is -0.774. The molecule has 0 N–H and O–H groups in total. The number of imide groups is 1. The third kappa shape index (κ3) is 2.25. The molecular formula is C22H25NO2. The number of carbonyl (C=O) groups excluding carboxylic acids is 2. The Morgan fingerprint density at radius 3 is 1.44 bits per heavy atom. The van der Waals surface area contributed by atoms with E-state index in [1.807, 2.05) is 95.3 Å². The van der Waals surface area contributed by atoms with E-state index in [1.165, 1.54) is 4.90 Å². The Morgan fingerprint density at radius 1 is 0.720 bits per heavy atom. The molecule has 3 rings (SSSR count). The van der Waals surface area contributed by atoms with E-state index in [0.29, 0.717) is 0 Å². The van der Waals surface area contributed by atoms with Crippen LogP contribution in [0.1, 0.15) is 45.7 Å². The summed E-state index contributed by atoms with van der Waals surface area (Å²) < 4.78 is 0. The van der Waals surface area contributed by atoms with E-state index in [1.54, 1.807) is 0 Å². The maximum Gasteiger partial charge on any atom is 0.245 e. The van der Waals surface area contributed by atoms with Crippen LogP contribution in [0.2, 0.25) is 0 Å². The van der Waals surface area contributed by atoms with Crippen molar-refractivity contribution in [1.29, 1.82) is 0 Å². The summed E-state index contributed by atoms with van der Waals surface area (Å²) in [5, 5.41) is 0. The Hall–Kier alpha value is -2.42. The largest absolute Gasteiger partial charge is 0.276 e. The molecule has 3 nitrogen and oxygen atoms in total. The van der Waals surface area contributed by atoms with Gasteiger partial charge in [0, 0.05) is 5.54 Å². The van der Waals surface area contributed by atoms with Crippen LogP contribution < -0.4 is 0 Å². The van der Waals surface area contributed by atoms with Crippen molar-refractivity contribution in [2.75, 3.05) is 0 Å². The highest BCUT2D eigenvalue weighted by molar-refractivity contribution is 6.15. The van der Waals surface area contributed by atoms with Crippen LogP contribution >= 0.6 is 0 Å². The minimum absolute atomic E-state index is 0.127. The SMILES string of the molecule is CC(C)(C)N1C(=O)C(C)(C)C(c2ccccc2)(c2ccccc2)C1=O. The van der Waals surface area contributed by atoms with Crippen LogP contribution in [0.3, 0.4) is 0 Å². The number of nitrogens with zero attached hydrogens (tertiary/aromatic N) is 1. The zero-order chi connectivity index (χ0) is 18.5. The first-order chi connectivity index (χ1) is 11.6. The van der Waals surface area contributed by atoms with Gasteiger partial charge < -0.3 is 0 Å². The van der Waals surface area contributed by atoms with Crippen LogP contribution in [0.4, 0.5) is 0 Å². The Labute approximate surface area is 149 Å². The normalized spacial score (nSPS) is 19.3. The number of amides is 2. The van der Waals surface area contributed by atoms with E-state index in [-0.39, 0.29) is 11.8 Å². The van der Waals surface area contributed by atoms with E-state index in [0.717, 1.165) is 11.1 Å². The van der Waals surface area contributed by atoms with Gasteiger partial charge in [0.15, 0.2) is 0 Å². The predicted octanol–water partition coefficient (Wildman–Crippen LogP) is 4.17. The number of likely N-dealkylation sites (tertiary alicyclic amines) is 1. The highest BCUT2D eigenvalue weighted by atomic mass is 16.2. The standard InChI is InChI=1S/C22H25NO2/c1-20(2,3)23-18(24)21(4,5)22(19(23)25,16-12-8-6-9-13-16)17-14-10-7-11-15-17/h6-15H,1-5H3. The molecule has 1 saturated heterocycles. The fourth-order valence-electron chi connectivity index (χ4n) is 4.09. The lowest BCUT2D eigenvalue weighted by molar-refractivity contribution is -0.146. The Kier molecular flexibility index (Phi) is 3.86. The Balaban J connectivity index is 2.39. The summed E-state index contributed by atoms with van der Waals surface area (Å²) in [4.78, 5) is 28.6. The first kappa shape index (κ1) is 17.4. The van der Waals surface area contributed by atoms with Gasteiger partial charge in [0.1, 0.15) is 5.41 Å². The molecule has 2 aromatic rings. The molecule has 0 radical (unpaired) electrons. The van der Waals surface area contributed by atoms with Gasteiger partial charge in [0.25, 0.3) is 0 Å². The molecule has 0 saturated carbocycles. The molecule has 1 aliphatic rings. The lowest BCUT2D eigenvalue weighted by Gasteiger charge is -2.38. The molecule has 130 valence electrons. The maximum atomic E-state index is 13.8. The molecule has 1 heterocycles. The summed E-state index contributed by atoms with van der Waals surface area (Å²) in [5.74, 6) is -0.273. The second-order valence-corrected chi connectivity index (χ2v) is 8.22. The van der Waals surface area contributed by atoms with Gasteiger partial charge in [-0.1, -0.05) is 60.7 Å². The molecule has 2 aromatic carbocycles. The minimum Gasteiger partial charge on any atom is -0.276 e. The summed E-state index contributed by atoms with van der Waals surface area (Å²) in [6.45, 7) is 9.50. The lowest BCUT2D eigenvalue weighted by atomic mass is 9.59. The van der Waals surface area contributed by atoms with E-state index in [4.69, 9.17) is 0 Å². The molecule has 1 aliphatic heterocycles. The molecular weight excluding hydrogens is 310 g/mol. The fraction of sp³-hybridized carbons (Fsp3) is 0.364. The summed E-state index contributed by atoms with van der Waals surface area (Å²) in [7, 11) is 0. The molecule has 0 aromatic heterocycles. The quantitative estimate of drug-likeness (QED) is 0.773. The van der Waals surface area contributed by atoms with Gasteiger partial charge in [-0.15, -0.1) is 0 Å². The molecule has 25 heavy (non-hydrogen) atoms. The van der Waals surface area contributed by atoms with Crippen molar-refractivity contribution in [3.63, 3.8) is 0 Å². The van der Waals surface area contributed by atoms with Gasteiger partial charge in [-0.3, -0.25) is 14.5 Å². The smallest absolute Gasteiger partial charge is 0.245 e. The topological polar surface area (TPSA) is 37.4 Å². The van der Waals surface area contributed by atoms with E-state index in [9.17, 15) is 9.59 Å². The second-order valence-electron chi connectivity index (χ2n) is 8.22. The van der Waals surface area contributed by atoms with Gasteiger partial charge in [-0.05, 0) is 45.7 Å². The van der Waals surface area contributed by atoms with Crippen LogP contribution in [0, 0.1) is 5.41 Å². The average Bonchev–Trinajstić information content (AvgIpc) is 2.72. The van der Waals surface area contributed by atoms with Crippen molar-refractivity contribution in [1.82, 2.24) is 4.90 Å². The molecule has 3 heteroatoms. The highest BCUT2D eigenvalue weighted by Gasteiger charge is 2.67. The fourth-order valence-corrected chi connectivity index (χ4v) is 4.09. The van der Waals surface area contributed by atoms with E-state index < -0.39 is 16.4 Å². The molecule has 0 bridgehead atoms. The number of benzene rings is 2. The van der Waals surface area contributed by atoms with Crippen molar-refractivity contribution >= 4 is 11.8 Å². The van der Waals surface area contributed by atoms with Crippen molar-refractivity contribution in [3.8, 4) is 0 Å². The number of hydrogen-bond donors (Lipinski definition) is 0. The molecule has 1 fully saturated rings. The van der Waals surface area contributed by atoms with Crippen molar-refractivity contribution < 1.29 is 9.59 Å². The van der Waals surface area contributed by atoms with Crippen LogP contribution in [0.15, 0.2) is 60.7 Å². The monoisotopic (exact) mass is 335 g/mol. The number of carbonyl (C=O) groups is 2. The summed E-state index contributed by atoms with van der Waals surface area (Å²) in [6.07, 6.45) is 0. The molecule has 2 amide bonds. The third-order valence-corrected chi connectivity index (χ3v) is 5.28. The number of rotatable bonds is 2. The molecule has 0 unspecified atom stereocenters. The molecule has 0 spiro atoms. The van der Waals surface area contributed by atoms with Crippen molar-refractivity contribution in [2.24, 2.45) is 5.41 Å². The van der Waals surface area contributed by atoms with Crippen LogP contribution in [-0.4, -0.2) is 22.3 Å². The number of hydrogen-bond acceptors (Lipinski definition) is 2. The van der Waals surface area contributed by atoms with Crippen LogP contribution in [0.5, 0.6) is 0 Å². The first-order valence-electron chi connectivity index (χ1n) is 8.65. The Bertz CT molecular complexity index is 761. The summed E-state index contributed by atoms with van der Waals surface area (Å²) >= 11 is 0. The van der Waals surface area contributed by atoms with Crippen LogP contribution in [0.25, 0.3) is 0 Å². The lowest BCUT2D eigenvalue weighted by Crippen LogP contribution is -2.49. The minimum atomic E-state index is -1.03. The van der Waals surface area contributed by atoms with Crippen molar-refractivity contribution in [3.05, 3.63) is 71.8 Å². The van der Waals surface area contributed by atoms with E-state index >= 15 is 0 Å². The third-order valence-electron chi connectivity index (χ3n) is 5.28. The maximum absolute atomic E-state index is 13.8. The zero-order valence-corrected chi connectivity index (χ0v) is 15.5.